The summed E-state index contributed by atoms with van der Waals surface area (Å²) in [7, 11) is 2.66. The number of rotatable bonds is 8. The number of nitrogens with one attached hydrogen (secondary N) is 1. The van der Waals surface area contributed by atoms with Crippen LogP contribution in [-0.4, -0.2) is 37.0 Å². The number of methoxy groups -OCH3 is 2. The molecule has 0 saturated carbocycles. The zero-order valence-corrected chi connectivity index (χ0v) is 20.8. The first-order chi connectivity index (χ1) is 17.3. The van der Waals surface area contributed by atoms with Gasteiger partial charge in [0.2, 0.25) is 5.76 Å². The summed E-state index contributed by atoms with van der Waals surface area (Å²) < 4.78 is 36.0. The Morgan fingerprint density at radius 1 is 1.17 bits per heavy atom. The lowest BCUT2D eigenvalue weighted by Crippen LogP contribution is -2.30. The molecule has 186 valence electrons. The molecule has 11 heteroatoms. The smallest absolute Gasteiger partial charge is 0.373 e. The molecule has 4 rings (SSSR count). The van der Waals surface area contributed by atoms with Crippen LogP contribution in [0.15, 0.2) is 63.1 Å². The molecule has 1 fully saturated rings. The van der Waals surface area contributed by atoms with Gasteiger partial charge in [-0.3, -0.25) is 9.69 Å². The SMILES string of the molecule is COC(=O)c1ccc(CN2C(=O)N/C(=C/c3cc(Br)cc(OC)c3OCc3ccccc3F)C2=O)o1. The topological polar surface area (TPSA) is 107 Å². The van der Waals surface area contributed by atoms with Crippen molar-refractivity contribution in [2.75, 3.05) is 14.2 Å². The first-order valence-corrected chi connectivity index (χ1v) is 11.3. The molecule has 9 nitrogen and oxygen atoms in total. The van der Waals surface area contributed by atoms with Crippen LogP contribution in [-0.2, 0) is 22.7 Å². The maximum absolute atomic E-state index is 14.1. The van der Waals surface area contributed by atoms with E-state index in [0.29, 0.717) is 21.3 Å². The molecule has 2 heterocycles. The highest BCUT2D eigenvalue weighted by Crippen LogP contribution is 2.37. The lowest BCUT2D eigenvalue weighted by molar-refractivity contribution is -0.123. The molecule has 1 saturated heterocycles. The molecule has 0 unspecified atom stereocenters. The fraction of sp³-hybridized carbons (Fsp3) is 0.160. The first-order valence-electron chi connectivity index (χ1n) is 10.6. The number of carbonyl (C=O) groups excluding carboxylic acids is 3. The minimum atomic E-state index is -0.675. The Morgan fingerprint density at radius 3 is 2.67 bits per heavy atom. The summed E-state index contributed by atoms with van der Waals surface area (Å²) in [5.41, 5.74) is 0.729. The van der Waals surface area contributed by atoms with Crippen LogP contribution < -0.4 is 14.8 Å². The van der Waals surface area contributed by atoms with E-state index in [1.165, 1.54) is 38.5 Å². The number of furan rings is 1. The summed E-state index contributed by atoms with van der Waals surface area (Å²) in [6.07, 6.45) is 1.44. The molecule has 0 spiro atoms. The van der Waals surface area contributed by atoms with E-state index in [0.717, 1.165) is 4.90 Å². The van der Waals surface area contributed by atoms with Gasteiger partial charge in [-0.15, -0.1) is 0 Å². The lowest BCUT2D eigenvalue weighted by atomic mass is 10.1. The van der Waals surface area contributed by atoms with Crippen molar-refractivity contribution in [2.24, 2.45) is 0 Å². The van der Waals surface area contributed by atoms with E-state index >= 15 is 0 Å². The molecule has 1 aliphatic heterocycles. The number of benzene rings is 2. The third-order valence-electron chi connectivity index (χ3n) is 5.22. The standard InChI is InChI=1S/C25H20BrFN2O7/c1-33-21-11-16(26)9-15(22(21)35-13-14-5-3-4-6-18(14)27)10-19-23(30)29(25(32)28-19)12-17-7-8-20(36-17)24(31)34-2/h3-11H,12-13H2,1-2H3,(H,28,32)/b19-10+. The van der Waals surface area contributed by atoms with Crippen LogP contribution in [0.3, 0.4) is 0 Å². The zero-order chi connectivity index (χ0) is 25.8. The first kappa shape index (κ1) is 25.0. The van der Waals surface area contributed by atoms with Gasteiger partial charge in [0, 0.05) is 15.6 Å². The maximum Gasteiger partial charge on any atom is 0.373 e. The second-order valence-electron chi connectivity index (χ2n) is 7.54. The van der Waals surface area contributed by atoms with Gasteiger partial charge in [-0.25, -0.2) is 14.0 Å². The van der Waals surface area contributed by atoms with E-state index in [1.807, 2.05) is 0 Å². The van der Waals surface area contributed by atoms with E-state index in [1.54, 1.807) is 30.3 Å². The number of urea groups is 1. The van der Waals surface area contributed by atoms with Gasteiger partial charge in [-0.05, 0) is 36.4 Å². The number of hydrogen-bond acceptors (Lipinski definition) is 7. The highest BCUT2D eigenvalue weighted by Gasteiger charge is 2.35. The van der Waals surface area contributed by atoms with Crippen molar-refractivity contribution in [3.05, 3.63) is 87.2 Å². The zero-order valence-electron chi connectivity index (χ0n) is 19.2. The van der Waals surface area contributed by atoms with E-state index < -0.39 is 23.7 Å². The molecule has 0 bridgehead atoms. The van der Waals surface area contributed by atoms with E-state index in [2.05, 4.69) is 26.0 Å². The van der Waals surface area contributed by atoms with Crippen LogP contribution >= 0.6 is 15.9 Å². The summed E-state index contributed by atoms with van der Waals surface area (Å²) in [4.78, 5) is 38.0. The molecule has 3 amide bonds. The summed E-state index contributed by atoms with van der Waals surface area (Å²) in [6, 6.07) is 11.7. The average molecular weight is 559 g/mol. The second kappa shape index (κ2) is 10.6. The Morgan fingerprint density at radius 2 is 1.94 bits per heavy atom. The van der Waals surface area contributed by atoms with Gasteiger partial charge >= 0.3 is 12.0 Å². The van der Waals surface area contributed by atoms with E-state index in [-0.39, 0.29) is 36.1 Å². The van der Waals surface area contributed by atoms with Crippen LogP contribution in [0.4, 0.5) is 9.18 Å². The number of ether oxygens (including phenoxy) is 3. The highest BCUT2D eigenvalue weighted by atomic mass is 79.9. The molecule has 1 aromatic heterocycles. The van der Waals surface area contributed by atoms with E-state index in [4.69, 9.17) is 13.9 Å². The van der Waals surface area contributed by atoms with Crippen molar-refractivity contribution < 1.29 is 37.4 Å². The number of carbonyl (C=O) groups is 3. The Balaban J connectivity index is 1.60. The molecule has 2 aromatic carbocycles. The summed E-state index contributed by atoms with van der Waals surface area (Å²) >= 11 is 3.39. The fourth-order valence-electron chi connectivity index (χ4n) is 3.47. The summed E-state index contributed by atoms with van der Waals surface area (Å²) in [5.74, 6) is -0.944. The van der Waals surface area contributed by atoms with Gasteiger partial charge in [0.1, 0.15) is 23.9 Å². The van der Waals surface area contributed by atoms with Crippen molar-refractivity contribution in [2.45, 2.75) is 13.2 Å². The van der Waals surface area contributed by atoms with Gasteiger partial charge in [-0.1, -0.05) is 34.1 Å². The normalized spacial score (nSPS) is 14.2. The van der Waals surface area contributed by atoms with Crippen molar-refractivity contribution in [1.82, 2.24) is 10.2 Å². The molecular formula is C25H20BrFN2O7. The van der Waals surface area contributed by atoms with Crippen LogP contribution in [0.25, 0.3) is 6.08 Å². The second-order valence-corrected chi connectivity index (χ2v) is 8.46. The highest BCUT2D eigenvalue weighted by molar-refractivity contribution is 9.10. The Kier molecular flexibility index (Phi) is 7.39. The Bertz CT molecular complexity index is 1370. The third kappa shape index (κ3) is 5.25. The van der Waals surface area contributed by atoms with Crippen LogP contribution in [0.1, 0.15) is 27.4 Å². The Hall–Kier alpha value is -4.12. The number of esters is 1. The number of imide groups is 1. The van der Waals surface area contributed by atoms with Gasteiger partial charge in [0.15, 0.2) is 11.5 Å². The van der Waals surface area contributed by atoms with Gasteiger partial charge in [0.25, 0.3) is 5.91 Å². The molecule has 1 aliphatic rings. The molecule has 0 atom stereocenters. The minimum absolute atomic E-state index is 0.0179. The average Bonchev–Trinajstić information content (AvgIpc) is 3.44. The van der Waals surface area contributed by atoms with Gasteiger partial charge in [0.05, 0.1) is 20.8 Å². The third-order valence-corrected chi connectivity index (χ3v) is 5.68. The number of amides is 3. The largest absolute Gasteiger partial charge is 0.493 e. The summed E-state index contributed by atoms with van der Waals surface area (Å²) in [5, 5.41) is 2.52. The van der Waals surface area contributed by atoms with Crippen molar-refractivity contribution in [3.63, 3.8) is 0 Å². The molecule has 3 aromatic rings. The molecule has 36 heavy (non-hydrogen) atoms. The van der Waals surface area contributed by atoms with Crippen LogP contribution in [0.2, 0.25) is 0 Å². The van der Waals surface area contributed by atoms with Crippen LogP contribution in [0.5, 0.6) is 11.5 Å². The fourth-order valence-corrected chi connectivity index (χ4v) is 3.92. The van der Waals surface area contributed by atoms with Crippen molar-refractivity contribution in [3.8, 4) is 11.5 Å². The number of nitrogens with zero attached hydrogens (tertiary/aromatic N) is 1. The predicted octanol–water partition coefficient (Wildman–Crippen LogP) is 4.65. The maximum atomic E-state index is 14.1. The van der Waals surface area contributed by atoms with Crippen molar-refractivity contribution in [1.29, 1.82) is 0 Å². The minimum Gasteiger partial charge on any atom is -0.493 e. The number of hydrogen-bond donors (Lipinski definition) is 1. The Labute approximate surface area is 213 Å². The number of halogens is 2. The molecular weight excluding hydrogens is 539 g/mol. The van der Waals surface area contributed by atoms with E-state index in [9.17, 15) is 18.8 Å². The molecule has 0 radical (unpaired) electrons. The predicted molar refractivity (Wildman–Crippen MR) is 129 cm³/mol. The monoisotopic (exact) mass is 558 g/mol. The van der Waals surface area contributed by atoms with Crippen LogP contribution in [0, 0.1) is 5.82 Å². The molecule has 0 aliphatic carbocycles. The lowest BCUT2D eigenvalue weighted by Gasteiger charge is -2.15. The van der Waals surface area contributed by atoms with Crippen molar-refractivity contribution >= 4 is 39.9 Å². The van der Waals surface area contributed by atoms with Gasteiger partial charge < -0.3 is 23.9 Å². The summed E-state index contributed by atoms with van der Waals surface area (Å²) in [6.45, 7) is -0.286. The quantitative estimate of drug-likeness (QED) is 0.243. The molecule has 1 N–H and O–H groups in total. The van der Waals surface area contributed by atoms with Gasteiger partial charge in [-0.2, -0.15) is 0 Å².